The largest absolute Gasteiger partial charge is 0.298 e. The van der Waals surface area contributed by atoms with Gasteiger partial charge in [-0.1, -0.05) is 19.9 Å². The molecule has 1 aliphatic rings. The highest BCUT2D eigenvalue weighted by molar-refractivity contribution is 7.09. The predicted octanol–water partition coefficient (Wildman–Crippen LogP) is 3.90. The molecule has 0 aromatic carbocycles. The number of carbonyl (C=O) groups is 1. The molecule has 2 heterocycles. The number of carbonyl (C=O) groups excluding carboxylic acids is 1. The minimum Gasteiger partial charge on any atom is -0.298 e. The number of Topliss-reactive ketones (excluding diaryl/α,β-unsaturated/α-hetero) is 1. The molecule has 0 aliphatic carbocycles. The normalized spacial score (nSPS) is 16.9. The van der Waals surface area contributed by atoms with E-state index in [0.29, 0.717) is 12.2 Å². The molecule has 106 valence electrons. The van der Waals surface area contributed by atoms with Crippen LogP contribution in [0.4, 0.5) is 0 Å². The van der Waals surface area contributed by atoms with Crippen LogP contribution in [-0.2, 0) is 11.2 Å². The fourth-order valence-corrected chi connectivity index (χ4v) is 4.05. The summed E-state index contributed by atoms with van der Waals surface area (Å²) in [6.07, 6.45) is 6.00. The maximum atomic E-state index is 12.8. The molecule has 0 bridgehead atoms. The van der Waals surface area contributed by atoms with Crippen molar-refractivity contribution in [2.45, 2.75) is 57.9 Å². The zero-order valence-electron chi connectivity index (χ0n) is 12.2. The van der Waals surface area contributed by atoms with Gasteiger partial charge in [-0.15, -0.1) is 11.3 Å². The Bertz CT molecular complexity index is 389. The molecule has 3 heteroatoms. The smallest absolute Gasteiger partial charge is 0.153 e. The third-order valence-electron chi connectivity index (χ3n) is 4.58. The van der Waals surface area contributed by atoms with E-state index >= 15 is 0 Å². The van der Waals surface area contributed by atoms with Crippen LogP contribution in [0.5, 0.6) is 0 Å². The summed E-state index contributed by atoms with van der Waals surface area (Å²) in [4.78, 5) is 16.6. The molecule has 1 fully saturated rings. The molecule has 1 aliphatic heterocycles. The summed E-state index contributed by atoms with van der Waals surface area (Å²) in [6.45, 7) is 6.55. The van der Waals surface area contributed by atoms with Gasteiger partial charge in [0.1, 0.15) is 0 Å². The highest BCUT2D eigenvalue weighted by atomic mass is 32.1. The van der Waals surface area contributed by atoms with Gasteiger partial charge in [0.25, 0.3) is 0 Å². The molecule has 0 spiro atoms. The van der Waals surface area contributed by atoms with Gasteiger partial charge in [-0.3, -0.25) is 9.69 Å². The van der Waals surface area contributed by atoms with Gasteiger partial charge in [-0.05, 0) is 56.6 Å². The molecule has 2 nitrogen and oxygen atoms in total. The highest BCUT2D eigenvalue weighted by Crippen LogP contribution is 2.30. The second kappa shape index (κ2) is 6.67. The van der Waals surface area contributed by atoms with Gasteiger partial charge < -0.3 is 0 Å². The Kier molecular flexibility index (Phi) is 5.17. The van der Waals surface area contributed by atoms with E-state index in [1.165, 1.54) is 17.7 Å². The molecular weight excluding hydrogens is 254 g/mol. The van der Waals surface area contributed by atoms with Crippen molar-refractivity contribution in [3.63, 3.8) is 0 Å². The number of hydrogen-bond acceptors (Lipinski definition) is 3. The van der Waals surface area contributed by atoms with Crippen LogP contribution in [0.2, 0.25) is 0 Å². The summed E-state index contributed by atoms with van der Waals surface area (Å²) >= 11 is 1.76. The van der Waals surface area contributed by atoms with Crippen LogP contribution in [0, 0.1) is 0 Å². The van der Waals surface area contributed by atoms with E-state index in [9.17, 15) is 4.79 Å². The average Bonchev–Trinajstić information content (AvgIpc) is 3.12. The molecule has 1 aromatic rings. The van der Waals surface area contributed by atoms with Gasteiger partial charge in [0.05, 0.1) is 5.54 Å². The minimum absolute atomic E-state index is 0.187. The zero-order chi connectivity index (χ0) is 13.7. The first-order chi connectivity index (χ1) is 9.23. The van der Waals surface area contributed by atoms with E-state index < -0.39 is 0 Å². The van der Waals surface area contributed by atoms with Crippen molar-refractivity contribution in [1.82, 2.24) is 4.90 Å². The van der Waals surface area contributed by atoms with E-state index in [4.69, 9.17) is 0 Å². The molecule has 19 heavy (non-hydrogen) atoms. The maximum Gasteiger partial charge on any atom is 0.153 e. The van der Waals surface area contributed by atoms with Crippen LogP contribution in [0.1, 0.15) is 50.8 Å². The molecule has 1 saturated heterocycles. The molecule has 0 radical (unpaired) electrons. The maximum absolute atomic E-state index is 12.8. The van der Waals surface area contributed by atoms with Crippen LogP contribution in [0.15, 0.2) is 17.5 Å². The van der Waals surface area contributed by atoms with Crippen molar-refractivity contribution < 1.29 is 4.79 Å². The number of likely N-dealkylation sites (tertiary alicyclic amines) is 1. The van der Waals surface area contributed by atoms with Crippen molar-refractivity contribution in [2.24, 2.45) is 0 Å². The summed E-state index contributed by atoms with van der Waals surface area (Å²) in [6, 6.07) is 4.20. The van der Waals surface area contributed by atoms with Crippen molar-refractivity contribution in [1.29, 1.82) is 0 Å². The number of rotatable bonds is 7. The molecule has 0 atom stereocenters. The lowest BCUT2D eigenvalue weighted by molar-refractivity contribution is -0.131. The second-order valence-corrected chi connectivity index (χ2v) is 6.47. The lowest BCUT2D eigenvalue weighted by Gasteiger charge is -2.39. The lowest BCUT2D eigenvalue weighted by Crippen LogP contribution is -2.52. The second-order valence-electron chi connectivity index (χ2n) is 5.44. The van der Waals surface area contributed by atoms with Gasteiger partial charge in [-0.2, -0.15) is 0 Å². The fraction of sp³-hybridized carbons (Fsp3) is 0.688. The van der Waals surface area contributed by atoms with Crippen LogP contribution < -0.4 is 0 Å². The van der Waals surface area contributed by atoms with Gasteiger partial charge in [0.15, 0.2) is 5.78 Å². The zero-order valence-corrected chi connectivity index (χ0v) is 13.0. The molecule has 2 rings (SSSR count). The van der Waals surface area contributed by atoms with Crippen LogP contribution >= 0.6 is 11.3 Å². The first-order valence-electron chi connectivity index (χ1n) is 7.53. The quantitative estimate of drug-likeness (QED) is 0.754. The first kappa shape index (κ1) is 14.7. The van der Waals surface area contributed by atoms with E-state index in [1.807, 2.05) is 0 Å². The monoisotopic (exact) mass is 279 g/mol. The van der Waals surface area contributed by atoms with Crippen molar-refractivity contribution >= 4 is 17.1 Å². The number of nitrogens with zero attached hydrogens (tertiary/aromatic N) is 1. The number of aryl methyl sites for hydroxylation is 1. The topological polar surface area (TPSA) is 20.3 Å². The fourth-order valence-electron chi connectivity index (χ4n) is 3.34. The Morgan fingerprint density at radius 3 is 2.53 bits per heavy atom. The van der Waals surface area contributed by atoms with E-state index in [-0.39, 0.29) is 5.54 Å². The Balaban J connectivity index is 2.03. The van der Waals surface area contributed by atoms with Crippen LogP contribution in [-0.4, -0.2) is 29.3 Å². The molecule has 0 saturated carbocycles. The van der Waals surface area contributed by atoms with E-state index in [2.05, 4.69) is 36.3 Å². The van der Waals surface area contributed by atoms with Gasteiger partial charge in [0.2, 0.25) is 0 Å². The Morgan fingerprint density at radius 1 is 1.32 bits per heavy atom. The summed E-state index contributed by atoms with van der Waals surface area (Å²) in [7, 11) is 0. The Hall–Kier alpha value is -0.670. The molecule has 0 amide bonds. The standard InChI is InChI=1S/C16H25NOS/c1-3-16(4-2,17-11-5-6-12-17)15(18)10-9-14-8-7-13-19-14/h7-8,13H,3-6,9-12H2,1-2H3. The van der Waals surface area contributed by atoms with Gasteiger partial charge in [-0.25, -0.2) is 0 Å². The summed E-state index contributed by atoms with van der Waals surface area (Å²) in [5.41, 5.74) is -0.187. The van der Waals surface area contributed by atoms with Crippen molar-refractivity contribution in [3.8, 4) is 0 Å². The third-order valence-corrected chi connectivity index (χ3v) is 5.51. The van der Waals surface area contributed by atoms with E-state index in [0.717, 1.165) is 32.4 Å². The summed E-state index contributed by atoms with van der Waals surface area (Å²) in [5.74, 6) is 0.452. The van der Waals surface area contributed by atoms with Crippen LogP contribution in [0.25, 0.3) is 0 Å². The number of ketones is 1. The average molecular weight is 279 g/mol. The van der Waals surface area contributed by atoms with Gasteiger partial charge in [0, 0.05) is 11.3 Å². The Labute approximate surface area is 120 Å². The van der Waals surface area contributed by atoms with E-state index in [1.54, 1.807) is 11.3 Å². The van der Waals surface area contributed by atoms with Crippen LogP contribution in [0.3, 0.4) is 0 Å². The third kappa shape index (κ3) is 3.09. The summed E-state index contributed by atoms with van der Waals surface area (Å²) in [5, 5.41) is 2.09. The molecule has 1 aromatic heterocycles. The predicted molar refractivity (Wildman–Crippen MR) is 81.8 cm³/mol. The molecule has 0 unspecified atom stereocenters. The highest BCUT2D eigenvalue weighted by Gasteiger charge is 2.40. The molecule has 0 N–H and O–H groups in total. The SMILES string of the molecule is CCC(CC)(C(=O)CCc1cccs1)N1CCCC1. The lowest BCUT2D eigenvalue weighted by atomic mass is 9.84. The minimum atomic E-state index is -0.187. The number of hydrogen-bond donors (Lipinski definition) is 0. The summed E-state index contributed by atoms with van der Waals surface area (Å²) < 4.78 is 0. The molecular formula is C16H25NOS. The van der Waals surface area contributed by atoms with Crippen molar-refractivity contribution in [3.05, 3.63) is 22.4 Å². The first-order valence-corrected chi connectivity index (χ1v) is 8.41. The van der Waals surface area contributed by atoms with Gasteiger partial charge >= 0.3 is 0 Å². The number of thiophene rings is 1. The van der Waals surface area contributed by atoms with Crippen molar-refractivity contribution in [2.75, 3.05) is 13.1 Å². The Morgan fingerprint density at radius 2 is 2.00 bits per heavy atom.